The van der Waals surface area contributed by atoms with Crippen molar-refractivity contribution in [3.05, 3.63) is 59.2 Å². The molecule has 0 aliphatic carbocycles. The molecule has 0 aliphatic rings. The molecule has 0 aromatic heterocycles. The van der Waals surface area contributed by atoms with Gasteiger partial charge in [-0.25, -0.2) is 4.79 Å². The molecule has 2 rings (SSSR count). The Hall–Kier alpha value is -4.36. The molecule has 0 fully saturated rings. The summed E-state index contributed by atoms with van der Waals surface area (Å²) < 4.78 is 10.5. The van der Waals surface area contributed by atoms with Crippen LogP contribution in [-0.2, 0) is 22.7 Å². The summed E-state index contributed by atoms with van der Waals surface area (Å²) in [5, 5.41) is 24.6. The van der Waals surface area contributed by atoms with Gasteiger partial charge in [0.15, 0.2) is 6.10 Å². The summed E-state index contributed by atoms with van der Waals surface area (Å²) in [5.74, 6) is -0.133. The standard InChI is InChI=1S/C35H54N6O7/c1-8-29(31(42)34(45)37-22-25-18-27(47-6)20-28(19-25)48-7)39-33(44)30(17-23(4)5)40-35(46)38-21-24-11-13-26(14-12-24)32(43)36-15-16-41(9-2)10-3/h11-14,18-20,23,29-31,42H,8-10,15-17,21-22H2,1-7H3,(H,36,43)(H,37,45)(H,39,44)(H2,38,40,46)/t29?,30-,31?/m0/s1. The number of hydrogen-bond donors (Lipinski definition) is 6. The highest BCUT2D eigenvalue weighted by molar-refractivity contribution is 5.94. The van der Waals surface area contributed by atoms with Gasteiger partial charge in [0, 0.05) is 37.8 Å². The van der Waals surface area contributed by atoms with E-state index in [0.717, 1.165) is 25.2 Å². The fourth-order valence-electron chi connectivity index (χ4n) is 4.97. The summed E-state index contributed by atoms with van der Waals surface area (Å²) in [7, 11) is 3.05. The number of carbonyl (C=O) groups excluding carboxylic acids is 4. The Kier molecular flexibility index (Phi) is 17.2. The summed E-state index contributed by atoms with van der Waals surface area (Å²) in [4.78, 5) is 53.6. The molecule has 3 atom stereocenters. The minimum absolute atomic E-state index is 0.0694. The van der Waals surface area contributed by atoms with E-state index >= 15 is 0 Å². The highest BCUT2D eigenvalue weighted by Gasteiger charge is 2.30. The first-order valence-electron chi connectivity index (χ1n) is 16.6. The van der Waals surface area contributed by atoms with Gasteiger partial charge in [-0.05, 0) is 67.2 Å². The van der Waals surface area contributed by atoms with E-state index < -0.39 is 36.0 Å². The lowest BCUT2D eigenvalue weighted by molar-refractivity contribution is -0.132. The van der Waals surface area contributed by atoms with Crippen LogP contribution in [0.3, 0.4) is 0 Å². The summed E-state index contributed by atoms with van der Waals surface area (Å²) in [5.41, 5.74) is 2.01. The second-order valence-corrected chi connectivity index (χ2v) is 11.9. The molecule has 13 nitrogen and oxygen atoms in total. The van der Waals surface area contributed by atoms with Gasteiger partial charge < -0.3 is 46.1 Å². The third-order valence-corrected chi connectivity index (χ3v) is 7.90. The lowest BCUT2D eigenvalue weighted by Crippen LogP contribution is -2.56. The average molecular weight is 671 g/mol. The highest BCUT2D eigenvalue weighted by Crippen LogP contribution is 2.22. The van der Waals surface area contributed by atoms with E-state index in [4.69, 9.17) is 9.47 Å². The van der Waals surface area contributed by atoms with Crippen LogP contribution in [0.4, 0.5) is 4.79 Å². The van der Waals surface area contributed by atoms with Crippen molar-refractivity contribution in [3.63, 3.8) is 0 Å². The van der Waals surface area contributed by atoms with Crippen LogP contribution in [0.25, 0.3) is 0 Å². The maximum atomic E-state index is 13.3. The quantitative estimate of drug-likeness (QED) is 0.125. The van der Waals surface area contributed by atoms with Gasteiger partial charge in [-0.3, -0.25) is 14.4 Å². The predicted octanol–water partition coefficient (Wildman–Crippen LogP) is 2.56. The molecule has 0 radical (unpaired) electrons. The zero-order valence-electron chi connectivity index (χ0n) is 29.4. The lowest BCUT2D eigenvalue weighted by Gasteiger charge is -2.26. The van der Waals surface area contributed by atoms with Crippen molar-refractivity contribution in [3.8, 4) is 11.5 Å². The topological polar surface area (TPSA) is 170 Å². The van der Waals surface area contributed by atoms with Crippen molar-refractivity contribution in [1.82, 2.24) is 31.5 Å². The number of ether oxygens (including phenoxy) is 2. The third kappa shape index (κ3) is 13.4. The molecule has 13 heteroatoms. The molecular weight excluding hydrogens is 616 g/mol. The maximum Gasteiger partial charge on any atom is 0.315 e. The zero-order valence-corrected chi connectivity index (χ0v) is 29.4. The number of hydrogen-bond acceptors (Lipinski definition) is 8. The van der Waals surface area contributed by atoms with Gasteiger partial charge in [-0.2, -0.15) is 0 Å². The number of aliphatic hydroxyl groups excluding tert-OH is 1. The SMILES string of the molecule is CCC(NC(=O)[C@H](CC(C)C)NC(=O)NCc1ccc(C(=O)NCCN(CC)CC)cc1)C(O)C(=O)NCc1cc(OC)cc(OC)c1. The smallest absolute Gasteiger partial charge is 0.315 e. The number of rotatable bonds is 20. The van der Waals surface area contributed by atoms with Gasteiger partial charge in [0.1, 0.15) is 17.5 Å². The van der Waals surface area contributed by atoms with E-state index in [1.807, 2.05) is 13.8 Å². The van der Waals surface area contributed by atoms with E-state index in [2.05, 4.69) is 45.3 Å². The van der Waals surface area contributed by atoms with Crippen LogP contribution in [0, 0.1) is 5.92 Å². The Balaban J connectivity index is 1.92. The van der Waals surface area contributed by atoms with Crippen LogP contribution in [0.15, 0.2) is 42.5 Å². The van der Waals surface area contributed by atoms with E-state index in [1.165, 1.54) is 14.2 Å². The van der Waals surface area contributed by atoms with Crippen molar-refractivity contribution in [1.29, 1.82) is 0 Å². The Labute approximate surface area is 284 Å². The monoisotopic (exact) mass is 670 g/mol. The molecule has 5 amide bonds. The van der Waals surface area contributed by atoms with Crippen molar-refractivity contribution in [2.45, 2.75) is 78.7 Å². The maximum absolute atomic E-state index is 13.3. The van der Waals surface area contributed by atoms with Gasteiger partial charge in [0.2, 0.25) is 5.91 Å². The fraction of sp³-hybridized carbons (Fsp3) is 0.543. The van der Waals surface area contributed by atoms with Crippen LogP contribution < -0.4 is 36.1 Å². The zero-order chi connectivity index (χ0) is 35.6. The molecule has 0 saturated carbocycles. The molecule has 0 spiro atoms. The average Bonchev–Trinajstić information content (AvgIpc) is 3.09. The molecule has 48 heavy (non-hydrogen) atoms. The largest absolute Gasteiger partial charge is 0.497 e. The molecule has 266 valence electrons. The van der Waals surface area contributed by atoms with E-state index in [1.54, 1.807) is 49.4 Å². The predicted molar refractivity (Wildman–Crippen MR) is 185 cm³/mol. The molecule has 2 aromatic carbocycles. The summed E-state index contributed by atoms with van der Waals surface area (Å²) in [6.45, 7) is 13.2. The first-order chi connectivity index (χ1) is 22.9. The number of methoxy groups -OCH3 is 2. The van der Waals surface area contributed by atoms with Crippen LogP contribution in [-0.4, -0.2) is 92.3 Å². The second-order valence-electron chi connectivity index (χ2n) is 11.9. The van der Waals surface area contributed by atoms with Gasteiger partial charge in [-0.1, -0.05) is 46.8 Å². The van der Waals surface area contributed by atoms with Crippen LogP contribution >= 0.6 is 0 Å². The summed E-state index contributed by atoms with van der Waals surface area (Å²) >= 11 is 0. The van der Waals surface area contributed by atoms with Gasteiger partial charge >= 0.3 is 6.03 Å². The third-order valence-electron chi connectivity index (χ3n) is 7.90. The number of nitrogens with one attached hydrogen (secondary N) is 5. The normalized spacial score (nSPS) is 12.9. The number of benzene rings is 2. The van der Waals surface area contributed by atoms with Gasteiger partial charge in [0.05, 0.1) is 20.3 Å². The molecule has 6 N–H and O–H groups in total. The van der Waals surface area contributed by atoms with Crippen molar-refractivity contribution >= 4 is 23.8 Å². The number of likely N-dealkylation sites (N-methyl/N-ethyl adjacent to an activating group) is 1. The van der Waals surface area contributed by atoms with E-state index in [9.17, 15) is 24.3 Å². The number of aliphatic hydroxyl groups is 1. The van der Waals surface area contributed by atoms with E-state index in [-0.39, 0.29) is 31.3 Å². The number of amides is 5. The highest BCUT2D eigenvalue weighted by atomic mass is 16.5. The Morgan fingerprint density at radius 3 is 1.94 bits per heavy atom. The number of nitrogens with zero attached hydrogens (tertiary/aromatic N) is 1. The molecule has 2 aromatic rings. The minimum Gasteiger partial charge on any atom is -0.497 e. The van der Waals surface area contributed by atoms with Crippen LogP contribution in [0.1, 0.15) is 68.9 Å². The molecule has 0 heterocycles. The lowest BCUT2D eigenvalue weighted by atomic mass is 10.0. The minimum atomic E-state index is -1.52. The Morgan fingerprint density at radius 1 is 0.792 bits per heavy atom. The van der Waals surface area contributed by atoms with Crippen molar-refractivity contribution in [2.75, 3.05) is 40.4 Å². The molecule has 0 aliphatic heterocycles. The second kappa shape index (κ2) is 20.8. The number of urea groups is 1. The Bertz CT molecular complexity index is 1290. The van der Waals surface area contributed by atoms with E-state index in [0.29, 0.717) is 35.6 Å². The first-order valence-corrected chi connectivity index (χ1v) is 16.6. The molecule has 2 unspecified atom stereocenters. The molecule has 0 bridgehead atoms. The summed E-state index contributed by atoms with van der Waals surface area (Å²) in [6, 6.07) is 9.80. The fourth-order valence-corrected chi connectivity index (χ4v) is 4.97. The Morgan fingerprint density at radius 2 is 1.40 bits per heavy atom. The number of carbonyl (C=O) groups is 4. The summed E-state index contributed by atoms with van der Waals surface area (Å²) in [6.07, 6.45) is -0.904. The molecule has 0 saturated heterocycles. The van der Waals surface area contributed by atoms with Crippen LogP contribution in [0.5, 0.6) is 11.5 Å². The first kappa shape index (κ1) is 39.8. The van der Waals surface area contributed by atoms with Gasteiger partial charge in [0.25, 0.3) is 11.8 Å². The van der Waals surface area contributed by atoms with Gasteiger partial charge in [-0.15, -0.1) is 0 Å². The van der Waals surface area contributed by atoms with Crippen molar-refractivity contribution in [2.24, 2.45) is 5.92 Å². The molecular formula is C35H54N6O7. The van der Waals surface area contributed by atoms with Crippen LogP contribution in [0.2, 0.25) is 0 Å². The van der Waals surface area contributed by atoms with Crippen molar-refractivity contribution < 1.29 is 33.8 Å².